The smallest absolute Gasteiger partial charge is 0.264 e. The van der Waals surface area contributed by atoms with Crippen LogP contribution < -0.4 is 10.5 Å². The second-order valence-corrected chi connectivity index (χ2v) is 6.32. The molecule has 4 nitrogen and oxygen atoms in total. The van der Waals surface area contributed by atoms with Crippen molar-refractivity contribution in [1.29, 1.82) is 0 Å². The Morgan fingerprint density at radius 3 is 2.18 bits per heavy atom. The van der Waals surface area contributed by atoms with Crippen LogP contribution in [-0.4, -0.2) is 23.5 Å². The lowest BCUT2D eigenvalue weighted by Gasteiger charge is -2.17. The molecule has 0 N–H and O–H groups in total. The predicted octanol–water partition coefficient (Wildman–Crippen LogP) is 5.71. The maximum atomic E-state index is 13.2. The van der Waals surface area contributed by atoms with Crippen molar-refractivity contribution in [2.45, 2.75) is 27.7 Å². The van der Waals surface area contributed by atoms with E-state index < -0.39 is 0 Å². The topological polar surface area (TPSA) is 37.6 Å². The summed E-state index contributed by atoms with van der Waals surface area (Å²) in [5.74, 6) is 0. The molecule has 3 aromatic carbocycles. The van der Waals surface area contributed by atoms with Crippen LogP contribution >= 0.6 is 0 Å². The molecule has 5 rings (SSSR count). The molecule has 0 saturated carbocycles. The number of imidazole rings is 1. The number of anilines is 1. The lowest BCUT2D eigenvalue weighted by molar-refractivity contribution is 1.14. The minimum absolute atomic E-state index is 0.00675. The largest absolute Gasteiger partial charge is 0.377 e. The SMILES string of the molecule is CC.CC.CN(C)c1ccc2c3c1cccc3c(=O)n1c3ccccc3nc21. The average Bonchev–Trinajstić information content (AvgIpc) is 3.14. The number of fused-ring (bicyclic) bond motifs is 4. The fourth-order valence-corrected chi connectivity index (χ4v) is 3.68. The number of hydrogen-bond donors (Lipinski definition) is 0. The molecule has 28 heavy (non-hydrogen) atoms. The summed E-state index contributed by atoms with van der Waals surface area (Å²) in [6.45, 7) is 8.00. The van der Waals surface area contributed by atoms with Gasteiger partial charge in [-0.25, -0.2) is 4.98 Å². The molecule has 0 bridgehead atoms. The average molecular weight is 374 g/mol. The first kappa shape index (κ1) is 19.6. The first-order valence-electron chi connectivity index (χ1n) is 9.92. The number of para-hydroxylation sites is 2. The Bertz CT molecular complexity index is 1300. The molecule has 0 aliphatic rings. The van der Waals surface area contributed by atoms with Gasteiger partial charge in [-0.2, -0.15) is 0 Å². The van der Waals surface area contributed by atoms with Crippen LogP contribution in [0.4, 0.5) is 5.69 Å². The summed E-state index contributed by atoms with van der Waals surface area (Å²) in [6.07, 6.45) is 0. The Morgan fingerprint density at radius 2 is 1.46 bits per heavy atom. The van der Waals surface area contributed by atoms with Crippen LogP contribution in [-0.2, 0) is 0 Å². The molecule has 0 aliphatic carbocycles. The van der Waals surface area contributed by atoms with Crippen LogP contribution in [0.2, 0.25) is 0 Å². The highest BCUT2D eigenvalue weighted by Gasteiger charge is 2.17. The molecular weight excluding hydrogens is 346 g/mol. The minimum Gasteiger partial charge on any atom is -0.377 e. The molecule has 0 saturated heterocycles. The molecule has 2 heterocycles. The highest BCUT2D eigenvalue weighted by molar-refractivity contribution is 6.18. The van der Waals surface area contributed by atoms with Gasteiger partial charge in [0.15, 0.2) is 0 Å². The molecule has 0 atom stereocenters. The van der Waals surface area contributed by atoms with Crippen molar-refractivity contribution in [1.82, 2.24) is 9.38 Å². The fraction of sp³-hybridized carbons (Fsp3) is 0.250. The highest BCUT2D eigenvalue weighted by atomic mass is 16.1. The van der Waals surface area contributed by atoms with E-state index in [-0.39, 0.29) is 5.56 Å². The molecule has 2 aromatic heterocycles. The standard InChI is InChI=1S/C20H15N3O.2C2H6/c1-22(2)16-11-10-13-18-12(16)6-5-7-14(18)20(24)23-17-9-4-3-8-15(17)21-19(13)23;2*1-2/h3-11H,1-2H3;2*1-2H3. The molecule has 4 heteroatoms. The van der Waals surface area contributed by atoms with Crippen molar-refractivity contribution in [2.75, 3.05) is 19.0 Å². The van der Waals surface area contributed by atoms with Gasteiger partial charge in [-0.1, -0.05) is 52.0 Å². The first-order chi connectivity index (χ1) is 13.7. The van der Waals surface area contributed by atoms with Gasteiger partial charge in [0.05, 0.1) is 11.0 Å². The second kappa shape index (κ2) is 7.85. The quantitative estimate of drug-likeness (QED) is 0.378. The van der Waals surface area contributed by atoms with Gasteiger partial charge in [-0.3, -0.25) is 9.20 Å². The number of pyridine rings is 1. The summed E-state index contributed by atoms with van der Waals surface area (Å²) in [5, 5.41) is 3.84. The third-order valence-corrected chi connectivity index (χ3v) is 4.73. The van der Waals surface area contributed by atoms with E-state index >= 15 is 0 Å². The van der Waals surface area contributed by atoms with Crippen molar-refractivity contribution < 1.29 is 0 Å². The number of rotatable bonds is 1. The van der Waals surface area contributed by atoms with E-state index in [1.165, 1.54) is 0 Å². The summed E-state index contributed by atoms with van der Waals surface area (Å²) in [6, 6.07) is 17.9. The van der Waals surface area contributed by atoms with E-state index in [1.807, 2.05) is 78.2 Å². The van der Waals surface area contributed by atoms with Crippen LogP contribution in [0, 0.1) is 0 Å². The molecule has 0 unspecified atom stereocenters. The summed E-state index contributed by atoms with van der Waals surface area (Å²) in [7, 11) is 4.04. The maximum absolute atomic E-state index is 13.2. The van der Waals surface area contributed by atoms with Gasteiger partial charge in [-0.15, -0.1) is 0 Å². The first-order valence-corrected chi connectivity index (χ1v) is 9.92. The molecule has 0 fully saturated rings. The Labute approximate surface area is 165 Å². The monoisotopic (exact) mass is 373 g/mol. The third kappa shape index (κ3) is 2.76. The predicted molar refractivity (Wildman–Crippen MR) is 122 cm³/mol. The molecule has 144 valence electrons. The zero-order valence-corrected chi connectivity index (χ0v) is 17.4. The number of benzene rings is 3. The summed E-state index contributed by atoms with van der Waals surface area (Å²) >= 11 is 0. The van der Waals surface area contributed by atoms with Crippen LogP contribution in [0.1, 0.15) is 27.7 Å². The Balaban J connectivity index is 0.000000531. The number of nitrogens with zero attached hydrogens (tertiary/aromatic N) is 3. The van der Waals surface area contributed by atoms with Crippen LogP contribution in [0.3, 0.4) is 0 Å². The van der Waals surface area contributed by atoms with Crippen molar-refractivity contribution in [3.63, 3.8) is 0 Å². The molecular formula is C24H27N3O. The fourth-order valence-electron chi connectivity index (χ4n) is 3.68. The van der Waals surface area contributed by atoms with Crippen LogP contribution in [0.5, 0.6) is 0 Å². The van der Waals surface area contributed by atoms with E-state index in [2.05, 4.69) is 23.1 Å². The normalized spacial score (nSPS) is 10.6. The molecule has 0 spiro atoms. The third-order valence-electron chi connectivity index (χ3n) is 4.73. The highest BCUT2D eigenvalue weighted by Crippen LogP contribution is 2.34. The molecule has 0 radical (unpaired) electrons. The molecule has 0 amide bonds. The van der Waals surface area contributed by atoms with Gasteiger partial charge in [0.25, 0.3) is 5.56 Å². The van der Waals surface area contributed by atoms with Gasteiger partial charge < -0.3 is 4.90 Å². The Kier molecular flexibility index (Phi) is 5.50. The van der Waals surface area contributed by atoms with Crippen LogP contribution in [0.25, 0.3) is 38.2 Å². The summed E-state index contributed by atoms with van der Waals surface area (Å²) in [4.78, 5) is 20.0. The van der Waals surface area contributed by atoms with Gasteiger partial charge in [0.2, 0.25) is 0 Å². The zero-order valence-electron chi connectivity index (χ0n) is 17.4. The molecule has 5 aromatic rings. The van der Waals surface area contributed by atoms with Crippen LogP contribution in [0.15, 0.2) is 59.4 Å². The van der Waals surface area contributed by atoms with E-state index in [0.717, 1.165) is 43.9 Å². The maximum Gasteiger partial charge on any atom is 0.264 e. The number of hydrogen-bond acceptors (Lipinski definition) is 3. The van der Waals surface area contributed by atoms with Gasteiger partial charge >= 0.3 is 0 Å². The lowest BCUT2D eigenvalue weighted by atomic mass is 10.0. The Hall–Kier alpha value is -3.14. The second-order valence-electron chi connectivity index (χ2n) is 6.32. The zero-order chi connectivity index (χ0) is 20.4. The summed E-state index contributed by atoms with van der Waals surface area (Å²) in [5.41, 5.74) is 3.53. The van der Waals surface area contributed by atoms with E-state index in [9.17, 15) is 4.79 Å². The van der Waals surface area contributed by atoms with Crippen molar-refractivity contribution >= 4 is 43.9 Å². The lowest BCUT2D eigenvalue weighted by Crippen LogP contribution is -2.14. The van der Waals surface area contributed by atoms with Gasteiger partial charge in [-0.05, 0) is 30.3 Å². The Morgan fingerprint density at radius 1 is 0.786 bits per heavy atom. The van der Waals surface area contributed by atoms with E-state index in [4.69, 9.17) is 4.98 Å². The minimum atomic E-state index is -0.00675. The van der Waals surface area contributed by atoms with E-state index in [0.29, 0.717) is 0 Å². The summed E-state index contributed by atoms with van der Waals surface area (Å²) < 4.78 is 1.74. The van der Waals surface area contributed by atoms with Crippen molar-refractivity contribution in [3.8, 4) is 0 Å². The number of aromatic nitrogens is 2. The van der Waals surface area contributed by atoms with Gasteiger partial charge in [0.1, 0.15) is 5.65 Å². The van der Waals surface area contributed by atoms with E-state index in [1.54, 1.807) is 4.40 Å². The molecule has 0 aliphatic heterocycles. The van der Waals surface area contributed by atoms with Gasteiger partial charge in [0, 0.05) is 41.3 Å². The van der Waals surface area contributed by atoms with Crippen molar-refractivity contribution in [2.24, 2.45) is 0 Å². The van der Waals surface area contributed by atoms with Crippen molar-refractivity contribution in [3.05, 3.63) is 65.0 Å².